The van der Waals surface area contributed by atoms with E-state index in [4.69, 9.17) is 37.0 Å². The van der Waals surface area contributed by atoms with Gasteiger partial charge in [0.05, 0.1) is 26.4 Å². The number of phosphoric ester groups is 2. The zero-order chi connectivity index (χ0) is 76.9. The summed E-state index contributed by atoms with van der Waals surface area (Å²) in [6.45, 7) is 7.33. The maximum absolute atomic E-state index is 13.1. The number of unbranched alkanes of at least 4 members (excludes halogenated alkanes) is 57. The van der Waals surface area contributed by atoms with E-state index in [-0.39, 0.29) is 25.7 Å². The highest BCUT2D eigenvalue weighted by atomic mass is 31.2. The van der Waals surface area contributed by atoms with E-state index in [1.807, 2.05) is 0 Å². The van der Waals surface area contributed by atoms with Gasteiger partial charge in [0, 0.05) is 25.7 Å². The third-order valence-corrected chi connectivity index (χ3v) is 22.5. The molecule has 0 rings (SSSR count). The molecule has 0 saturated heterocycles. The van der Waals surface area contributed by atoms with Crippen molar-refractivity contribution in [2.75, 3.05) is 39.6 Å². The lowest BCUT2D eigenvalue weighted by atomic mass is 10.00. The normalized spacial score (nSPS) is 14.0. The second kappa shape index (κ2) is 78.7. The van der Waals surface area contributed by atoms with Crippen molar-refractivity contribution < 1.29 is 80.2 Å². The molecule has 0 spiro atoms. The molecule has 17 nitrogen and oxygen atoms in total. The lowest BCUT2D eigenvalue weighted by Crippen LogP contribution is -2.30. The SMILES string of the molecule is CCCCCCCCCCCCCCCCCCCCCC(=O)OC[C@H](COP(=O)(O)OC[C@@H](O)COP(=O)(O)OC[C@@H](COC(=O)CCCCCCCCC(C)CC)OC(=O)CCCCCCCCCCCCCCCCCCC)OC(=O)CCCCCCCCCCCCCCCCCCCCC. The van der Waals surface area contributed by atoms with Gasteiger partial charge in [-0.05, 0) is 31.6 Å². The molecule has 0 aliphatic rings. The van der Waals surface area contributed by atoms with Crippen LogP contribution in [-0.4, -0.2) is 96.7 Å². The first-order chi connectivity index (χ1) is 51.1. The molecule has 3 N–H and O–H groups in total. The van der Waals surface area contributed by atoms with E-state index in [0.717, 1.165) is 102 Å². The van der Waals surface area contributed by atoms with Crippen molar-refractivity contribution in [1.82, 2.24) is 0 Å². The highest BCUT2D eigenvalue weighted by Gasteiger charge is 2.30. The Labute approximate surface area is 645 Å². The van der Waals surface area contributed by atoms with E-state index in [1.165, 1.54) is 283 Å². The predicted octanol–water partition coefficient (Wildman–Crippen LogP) is 26.4. The van der Waals surface area contributed by atoms with E-state index in [2.05, 4.69) is 34.6 Å². The van der Waals surface area contributed by atoms with Crippen LogP contribution in [0, 0.1) is 5.92 Å². The van der Waals surface area contributed by atoms with Crippen molar-refractivity contribution in [3.8, 4) is 0 Å². The maximum Gasteiger partial charge on any atom is 0.472 e. The summed E-state index contributed by atoms with van der Waals surface area (Å²) in [5.41, 5.74) is 0. The first-order valence-corrected chi connectivity index (χ1v) is 47.7. The average Bonchev–Trinajstić information content (AvgIpc) is 0.909. The molecular weight excluding hydrogens is 1370 g/mol. The van der Waals surface area contributed by atoms with Crippen molar-refractivity contribution in [2.45, 2.75) is 483 Å². The van der Waals surface area contributed by atoms with Gasteiger partial charge in [-0.1, -0.05) is 413 Å². The lowest BCUT2D eigenvalue weighted by molar-refractivity contribution is -0.161. The van der Waals surface area contributed by atoms with Crippen LogP contribution < -0.4 is 0 Å². The number of aliphatic hydroxyl groups is 1. The van der Waals surface area contributed by atoms with Crippen molar-refractivity contribution >= 4 is 39.5 Å². The molecule has 6 atom stereocenters. The number of carbonyl (C=O) groups excluding carboxylic acids is 4. The molecular formula is C86H168O17P2. The Kier molecular flexibility index (Phi) is 77.3. The second-order valence-electron chi connectivity index (χ2n) is 31.2. The van der Waals surface area contributed by atoms with Crippen LogP contribution >= 0.6 is 15.6 Å². The number of carbonyl (C=O) groups is 4. The Bertz CT molecular complexity index is 2000. The molecule has 0 heterocycles. The molecule has 105 heavy (non-hydrogen) atoms. The minimum Gasteiger partial charge on any atom is -0.462 e. The van der Waals surface area contributed by atoms with Crippen molar-refractivity contribution in [2.24, 2.45) is 5.92 Å². The Morgan fingerprint density at radius 1 is 0.267 bits per heavy atom. The Hall–Kier alpha value is -1.94. The molecule has 0 aromatic carbocycles. The minimum atomic E-state index is -4.97. The fourth-order valence-corrected chi connectivity index (χ4v) is 15.0. The molecule has 0 radical (unpaired) electrons. The van der Waals surface area contributed by atoms with Gasteiger partial charge in [-0.15, -0.1) is 0 Å². The highest BCUT2D eigenvalue weighted by Crippen LogP contribution is 2.45. The monoisotopic (exact) mass is 1540 g/mol. The molecule has 0 aromatic heterocycles. The van der Waals surface area contributed by atoms with Gasteiger partial charge in [0.1, 0.15) is 19.3 Å². The molecule has 0 saturated carbocycles. The third-order valence-electron chi connectivity index (χ3n) is 20.6. The number of esters is 4. The van der Waals surface area contributed by atoms with Crippen LogP contribution in [0.25, 0.3) is 0 Å². The molecule has 0 aliphatic heterocycles. The topological polar surface area (TPSA) is 237 Å². The summed E-state index contributed by atoms with van der Waals surface area (Å²) >= 11 is 0. The summed E-state index contributed by atoms with van der Waals surface area (Å²) in [6.07, 6.45) is 72.3. The summed E-state index contributed by atoms with van der Waals surface area (Å²) in [7, 11) is -9.93. The van der Waals surface area contributed by atoms with Crippen LogP contribution in [0.1, 0.15) is 465 Å². The molecule has 624 valence electrons. The van der Waals surface area contributed by atoms with Crippen molar-refractivity contribution in [3.05, 3.63) is 0 Å². The third kappa shape index (κ3) is 78.5. The second-order valence-corrected chi connectivity index (χ2v) is 34.1. The van der Waals surface area contributed by atoms with E-state index in [9.17, 15) is 43.2 Å². The Balaban J connectivity index is 5.23. The van der Waals surface area contributed by atoms with Gasteiger partial charge in [0.2, 0.25) is 0 Å². The fraction of sp³-hybridized carbons (Fsp3) is 0.953. The van der Waals surface area contributed by atoms with Gasteiger partial charge in [-0.25, -0.2) is 9.13 Å². The minimum absolute atomic E-state index is 0.108. The largest absolute Gasteiger partial charge is 0.472 e. The van der Waals surface area contributed by atoms with Crippen LogP contribution in [0.2, 0.25) is 0 Å². The average molecular weight is 1540 g/mol. The molecule has 3 unspecified atom stereocenters. The smallest absolute Gasteiger partial charge is 0.462 e. The Morgan fingerprint density at radius 2 is 0.457 bits per heavy atom. The van der Waals surface area contributed by atoms with Gasteiger partial charge in [0.25, 0.3) is 0 Å². The highest BCUT2D eigenvalue weighted by molar-refractivity contribution is 7.47. The number of rotatable bonds is 86. The van der Waals surface area contributed by atoms with Crippen LogP contribution in [0.3, 0.4) is 0 Å². The molecule has 0 bridgehead atoms. The van der Waals surface area contributed by atoms with Crippen LogP contribution in [-0.2, 0) is 65.4 Å². The van der Waals surface area contributed by atoms with Crippen LogP contribution in [0.5, 0.6) is 0 Å². The van der Waals surface area contributed by atoms with E-state index in [1.54, 1.807) is 0 Å². The zero-order valence-electron chi connectivity index (χ0n) is 68.9. The Morgan fingerprint density at radius 3 is 0.676 bits per heavy atom. The summed E-state index contributed by atoms with van der Waals surface area (Å²) < 4.78 is 68.9. The van der Waals surface area contributed by atoms with Gasteiger partial charge < -0.3 is 33.8 Å². The number of ether oxygens (including phenoxy) is 4. The first kappa shape index (κ1) is 103. The number of phosphoric acid groups is 2. The number of hydrogen-bond donors (Lipinski definition) is 3. The van der Waals surface area contributed by atoms with E-state index < -0.39 is 97.5 Å². The van der Waals surface area contributed by atoms with Crippen LogP contribution in [0.4, 0.5) is 0 Å². The fourth-order valence-electron chi connectivity index (χ4n) is 13.4. The summed E-state index contributed by atoms with van der Waals surface area (Å²) in [6, 6.07) is 0. The molecule has 0 aliphatic carbocycles. The lowest BCUT2D eigenvalue weighted by Gasteiger charge is -2.21. The quantitative estimate of drug-likeness (QED) is 0.0222. The first-order valence-electron chi connectivity index (χ1n) is 44.7. The van der Waals surface area contributed by atoms with Gasteiger partial charge in [-0.2, -0.15) is 0 Å². The van der Waals surface area contributed by atoms with Crippen LogP contribution in [0.15, 0.2) is 0 Å². The van der Waals surface area contributed by atoms with E-state index in [0.29, 0.717) is 25.7 Å². The summed E-state index contributed by atoms with van der Waals surface area (Å²) in [5.74, 6) is -1.37. The molecule has 0 amide bonds. The number of aliphatic hydroxyl groups excluding tert-OH is 1. The van der Waals surface area contributed by atoms with E-state index >= 15 is 0 Å². The standard InChI is InChI=1S/C86H168O17P2/c1-6-10-13-16-19-22-25-28-31-34-36-39-41-44-47-50-53-59-64-69-83(88)96-75-81(102-85(90)71-66-62-55-52-49-46-43-40-37-35-32-29-26-23-20-17-14-11-7-2)77-100-104(92,93)98-73-80(87)74-99-105(94,95)101-78-82(76-97-84(89)70-65-60-57-56-58-63-68-79(5)9-4)103-86(91)72-67-61-54-51-48-45-42-38-33-30-27-24-21-18-15-12-8-3/h79-82,87H,6-78H2,1-5H3,(H,92,93)(H,94,95)/t79?,80-,81-,82-/m1/s1. The molecule has 0 aromatic rings. The molecule has 19 heteroatoms. The summed E-state index contributed by atoms with van der Waals surface area (Å²) in [5, 5.41) is 10.7. The van der Waals surface area contributed by atoms with Gasteiger partial charge >= 0.3 is 39.5 Å². The number of hydrogen-bond acceptors (Lipinski definition) is 15. The van der Waals surface area contributed by atoms with Crippen molar-refractivity contribution in [3.63, 3.8) is 0 Å². The summed E-state index contributed by atoms with van der Waals surface area (Å²) in [4.78, 5) is 73.2. The maximum atomic E-state index is 13.1. The van der Waals surface area contributed by atoms with Gasteiger partial charge in [0.15, 0.2) is 12.2 Å². The van der Waals surface area contributed by atoms with Crippen molar-refractivity contribution in [1.29, 1.82) is 0 Å². The van der Waals surface area contributed by atoms with Gasteiger partial charge in [-0.3, -0.25) is 37.3 Å². The predicted molar refractivity (Wildman–Crippen MR) is 432 cm³/mol. The molecule has 0 fully saturated rings. The zero-order valence-corrected chi connectivity index (χ0v) is 70.7.